The minimum atomic E-state index is -4.41. The van der Waals surface area contributed by atoms with Crippen molar-refractivity contribution in [3.05, 3.63) is 73.3 Å². The van der Waals surface area contributed by atoms with Crippen molar-refractivity contribution < 1.29 is 22.7 Å². The Morgan fingerprint density at radius 1 is 1.23 bits per heavy atom. The predicted molar refractivity (Wildman–Crippen MR) is 146 cm³/mol. The number of rotatable bonds is 5. The van der Waals surface area contributed by atoms with E-state index in [4.69, 9.17) is 10.5 Å². The van der Waals surface area contributed by atoms with Crippen LogP contribution < -0.4 is 20.7 Å². The van der Waals surface area contributed by atoms with Crippen molar-refractivity contribution in [3.63, 3.8) is 0 Å². The Morgan fingerprint density at radius 3 is 2.51 bits per heavy atom. The third-order valence-corrected chi connectivity index (χ3v) is 7.23. The first-order chi connectivity index (χ1) is 18.6. The summed E-state index contributed by atoms with van der Waals surface area (Å²) in [6.07, 6.45) is -1.72. The molecule has 8 nitrogen and oxygen atoms in total. The number of amides is 1. The molecule has 1 aromatic heterocycles. The number of hydrogen-bond donors (Lipinski definition) is 3. The van der Waals surface area contributed by atoms with Crippen molar-refractivity contribution in [1.82, 2.24) is 15.1 Å². The smallest absolute Gasteiger partial charge is 0.416 e. The van der Waals surface area contributed by atoms with Crippen LogP contribution in [0, 0.1) is 0 Å². The Morgan fingerprint density at radius 2 is 1.95 bits per heavy atom. The van der Waals surface area contributed by atoms with Gasteiger partial charge in [-0.25, -0.2) is 5.10 Å². The van der Waals surface area contributed by atoms with Crippen LogP contribution in [-0.4, -0.2) is 47.7 Å². The summed E-state index contributed by atoms with van der Waals surface area (Å²) in [5, 5.41) is 10.4. The van der Waals surface area contributed by atoms with Gasteiger partial charge in [-0.1, -0.05) is 25.2 Å². The largest absolute Gasteiger partial charge is 0.489 e. The molecule has 0 saturated carbocycles. The first-order valence-corrected chi connectivity index (χ1v) is 13.7. The number of anilines is 1. The molecular formula is C27H34F3N5O3S. The van der Waals surface area contributed by atoms with Gasteiger partial charge in [0.2, 0.25) is 5.91 Å². The molecule has 2 aromatic carbocycles. The number of aromatic nitrogens is 2. The molecule has 4 N–H and O–H groups in total. The number of primary amides is 1. The number of halogens is 3. The van der Waals surface area contributed by atoms with Crippen LogP contribution in [0.25, 0.3) is 0 Å². The maximum Gasteiger partial charge on any atom is 0.416 e. The van der Waals surface area contributed by atoms with Crippen LogP contribution in [0.2, 0.25) is 0 Å². The molecule has 0 unspecified atom stereocenters. The standard InChI is InChI=1S/C18H17F3N2O2.C7H11N3OS.C2H6/c19-18(20,21)13-8-12(15-2-1-7-23-16(15)9-13)10-25-14-5-3-11(4-6-14)17(22)24;1-10-3-2-5(4-10)6-8-9-7(11)12-6;1-2/h3-6,8-9,23H,1-2,7,10H2,(H2,22,24);5H,2-4H2,1H3,(H,9,11);1-2H3/t;5-;/m.1./s1. The molecule has 5 rings (SSSR count). The molecule has 0 spiro atoms. The lowest BCUT2D eigenvalue weighted by molar-refractivity contribution is -0.137. The lowest BCUT2D eigenvalue weighted by atomic mass is 9.95. The maximum absolute atomic E-state index is 13.1. The SMILES string of the molecule is CC.CN1CC[C@@H](c2n[nH]c(=O)s2)C1.NC(=O)c1ccc(OCc2cc(C(F)(F)F)cc3c2CCCN3)cc1. The predicted octanol–water partition coefficient (Wildman–Crippen LogP) is 5.02. The molecular weight excluding hydrogens is 531 g/mol. The van der Waals surface area contributed by atoms with Crippen molar-refractivity contribution >= 4 is 22.9 Å². The van der Waals surface area contributed by atoms with E-state index < -0.39 is 17.6 Å². The normalized spacial score (nSPS) is 16.6. The van der Waals surface area contributed by atoms with E-state index in [9.17, 15) is 22.8 Å². The van der Waals surface area contributed by atoms with Gasteiger partial charge in [0, 0.05) is 30.3 Å². The Balaban J connectivity index is 0.000000250. The number of hydrogen-bond acceptors (Lipinski definition) is 7. The van der Waals surface area contributed by atoms with Crippen molar-refractivity contribution in [2.45, 2.75) is 51.8 Å². The number of nitrogens with one attached hydrogen (secondary N) is 2. The highest BCUT2D eigenvalue weighted by molar-refractivity contribution is 7.08. The van der Waals surface area contributed by atoms with Crippen molar-refractivity contribution in [1.29, 1.82) is 0 Å². The van der Waals surface area contributed by atoms with Gasteiger partial charge >= 0.3 is 11.0 Å². The average Bonchev–Trinajstić information content (AvgIpc) is 3.56. The number of carbonyl (C=O) groups excluding carboxylic acids is 1. The molecule has 0 bridgehead atoms. The number of carbonyl (C=O) groups is 1. The second-order valence-electron chi connectivity index (χ2n) is 9.07. The topological polar surface area (TPSA) is 113 Å². The number of aromatic amines is 1. The number of nitrogens with two attached hydrogens (primary N) is 1. The van der Waals surface area contributed by atoms with Crippen LogP contribution in [0.1, 0.15) is 64.7 Å². The van der Waals surface area contributed by atoms with Gasteiger partial charge in [-0.2, -0.15) is 18.3 Å². The number of nitrogens with zero attached hydrogens (tertiary/aromatic N) is 2. The zero-order valence-corrected chi connectivity index (χ0v) is 23.0. The second kappa shape index (κ2) is 13.6. The van der Waals surface area contributed by atoms with Crippen molar-refractivity contribution in [2.75, 3.05) is 32.0 Å². The summed E-state index contributed by atoms with van der Waals surface area (Å²) in [7, 11) is 2.09. The number of likely N-dealkylation sites (N-methyl/N-ethyl adjacent to an activating group) is 1. The third kappa shape index (κ3) is 8.30. The highest BCUT2D eigenvalue weighted by Gasteiger charge is 2.32. The lowest BCUT2D eigenvalue weighted by Gasteiger charge is -2.23. The minimum Gasteiger partial charge on any atom is -0.489 e. The van der Waals surface area contributed by atoms with E-state index in [1.807, 2.05) is 13.8 Å². The minimum absolute atomic E-state index is 0.0177. The maximum atomic E-state index is 13.1. The second-order valence-corrected chi connectivity index (χ2v) is 10.1. The number of fused-ring (bicyclic) bond motifs is 1. The molecule has 2 aliphatic heterocycles. The molecule has 1 atom stereocenters. The van der Waals surface area contributed by atoms with Gasteiger partial charge in [0.05, 0.1) is 5.56 Å². The number of alkyl halides is 3. The quantitative estimate of drug-likeness (QED) is 0.401. The summed E-state index contributed by atoms with van der Waals surface area (Å²) in [5.41, 5.74) is 6.70. The van der Waals surface area contributed by atoms with E-state index in [0.29, 0.717) is 41.4 Å². The molecule has 2 aliphatic rings. The van der Waals surface area contributed by atoms with E-state index >= 15 is 0 Å². The van der Waals surface area contributed by atoms with Crippen molar-refractivity contribution in [2.24, 2.45) is 5.73 Å². The number of benzene rings is 2. The molecule has 0 radical (unpaired) electrons. The van der Waals surface area contributed by atoms with Gasteiger partial charge in [0.15, 0.2) is 0 Å². The molecule has 1 amide bonds. The van der Waals surface area contributed by atoms with Crippen LogP contribution in [0.15, 0.2) is 41.2 Å². The summed E-state index contributed by atoms with van der Waals surface area (Å²) >= 11 is 1.24. The van der Waals surface area contributed by atoms with Crippen LogP contribution in [0.4, 0.5) is 18.9 Å². The molecule has 212 valence electrons. The lowest BCUT2D eigenvalue weighted by Crippen LogP contribution is -2.17. The summed E-state index contributed by atoms with van der Waals surface area (Å²) in [5.74, 6) is 0.378. The fourth-order valence-electron chi connectivity index (χ4n) is 4.39. The third-order valence-electron chi connectivity index (χ3n) is 6.32. The average molecular weight is 566 g/mol. The van der Waals surface area contributed by atoms with Gasteiger partial charge in [-0.15, -0.1) is 0 Å². The van der Waals surface area contributed by atoms with Gasteiger partial charge in [0.25, 0.3) is 0 Å². The summed E-state index contributed by atoms with van der Waals surface area (Å²) < 4.78 is 44.9. The first-order valence-electron chi connectivity index (χ1n) is 12.8. The zero-order valence-electron chi connectivity index (χ0n) is 22.2. The van der Waals surface area contributed by atoms with E-state index in [0.717, 1.165) is 48.6 Å². The van der Waals surface area contributed by atoms with E-state index in [-0.39, 0.29) is 11.5 Å². The Bertz CT molecular complexity index is 1290. The Hall–Kier alpha value is -3.38. The Kier molecular flexibility index (Phi) is 10.5. The molecule has 1 fully saturated rings. The molecule has 0 aliphatic carbocycles. The highest BCUT2D eigenvalue weighted by atomic mass is 32.1. The van der Waals surface area contributed by atoms with Gasteiger partial charge in [-0.05, 0) is 80.4 Å². The number of ether oxygens (including phenoxy) is 1. The fraction of sp³-hybridized carbons (Fsp3) is 0.444. The highest BCUT2D eigenvalue weighted by Crippen LogP contribution is 2.36. The summed E-state index contributed by atoms with van der Waals surface area (Å²) in [4.78, 5) is 24.1. The summed E-state index contributed by atoms with van der Waals surface area (Å²) in [6.45, 7) is 6.81. The van der Waals surface area contributed by atoms with Crippen molar-refractivity contribution in [3.8, 4) is 5.75 Å². The van der Waals surface area contributed by atoms with Gasteiger partial charge < -0.3 is 20.7 Å². The molecule has 3 heterocycles. The fourth-order valence-corrected chi connectivity index (χ4v) is 5.13. The first kappa shape index (κ1) is 30.2. The summed E-state index contributed by atoms with van der Waals surface area (Å²) in [6, 6.07) is 8.46. The Labute approximate surface area is 229 Å². The molecule has 39 heavy (non-hydrogen) atoms. The van der Waals surface area contributed by atoms with Crippen LogP contribution >= 0.6 is 11.3 Å². The van der Waals surface area contributed by atoms with E-state index in [1.54, 1.807) is 12.1 Å². The number of H-pyrrole nitrogens is 1. The zero-order chi connectivity index (χ0) is 28.6. The number of likely N-dealkylation sites (tertiary alicyclic amines) is 1. The molecule has 1 saturated heterocycles. The van der Waals surface area contributed by atoms with Crippen LogP contribution in [-0.2, 0) is 19.2 Å². The molecule has 3 aromatic rings. The van der Waals surface area contributed by atoms with Crippen LogP contribution in [0.5, 0.6) is 5.75 Å². The van der Waals surface area contributed by atoms with E-state index in [1.165, 1.54) is 23.5 Å². The molecule has 12 heteroatoms. The monoisotopic (exact) mass is 565 g/mol. The van der Waals surface area contributed by atoms with Crippen LogP contribution in [0.3, 0.4) is 0 Å². The van der Waals surface area contributed by atoms with Gasteiger partial charge in [-0.3, -0.25) is 9.59 Å². The van der Waals surface area contributed by atoms with Gasteiger partial charge in [0.1, 0.15) is 17.4 Å². The van der Waals surface area contributed by atoms with E-state index in [2.05, 4.69) is 27.5 Å².